The maximum Gasteiger partial charge on any atom is 0.416 e. The van der Waals surface area contributed by atoms with Gasteiger partial charge in [0.1, 0.15) is 0 Å². The van der Waals surface area contributed by atoms with Gasteiger partial charge in [-0.1, -0.05) is 30.3 Å². The van der Waals surface area contributed by atoms with Gasteiger partial charge in [-0.15, -0.1) is 0 Å². The molecule has 2 aliphatic heterocycles. The van der Waals surface area contributed by atoms with E-state index >= 15 is 0 Å². The van der Waals surface area contributed by atoms with Crippen LogP contribution in [0.5, 0.6) is 0 Å². The molecule has 168 valence electrons. The smallest absolute Gasteiger partial charge is 0.223 e. The number of sulfonamides is 1. The second-order valence-corrected chi connectivity index (χ2v) is 12.2. The van der Waals surface area contributed by atoms with Gasteiger partial charge in [-0.2, -0.15) is 17.5 Å². The molecule has 10 heteroatoms. The van der Waals surface area contributed by atoms with Crippen molar-refractivity contribution >= 4 is 19.9 Å². The van der Waals surface area contributed by atoms with E-state index in [0.717, 1.165) is 12.1 Å². The van der Waals surface area contributed by atoms with Crippen molar-refractivity contribution in [2.75, 3.05) is 0 Å². The van der Waals surface area contributed by atoms with Crippen LogP contribution in [-0.2, 0) is 31.8 Å². The molecule has 2 saturated heterocycles. The van der Waals surface area contributed by atoms with Gasteiger partial charge in [-0.3, -0.25) is 0 Å². The third kappa shape index (κ3) is 4.38. The number of alkyl halides is 3. The Labute approximate surface area is 179 Å². The topological polar surface area (TPSA) is 71.5 Å². The number of hydrogen-bond acceptors (Lipinski definition) is 4. The summed E-state index contributed by atoms with van der Waals surface area (Å²) >= 11 is 0. The largest absolute Gasteiger partial charge is 0.416 e. The molecule has 2 atom stereocenters. The van der Waals surface area contributed by atoms with Crippen LogP contribution in [0.4, 0.5) is 13.2 Å². The monoisotopic (exact) mass is 473 g/mol. The Bertz CT molecular complexity index is 1130. The normalized spacial score (nSPS) is 24.9. The molecule has 5 nitrogen and oxygen atoms in total. The van der Waals surface area contributed by atoms with Crippen LogP contribution in [0.3, 0.4) is 0 Å². The van der Waals surface area contributed by atoms with Crippen LogP contribution in [0.2, 0.25) is 0 Å². The maximum absolute atomic E-state index is 13.1. The van der Waals surface area contributed by atoms with Gasteiger partial charge in [-0.25, -0.2) is 16.8 Å². The highest BCUT2D eigenvalue weighted by Crippen LogP contribution is 2.42. The minimum Gasteiger partial charge on any atom is -0.223 e. The molecule has 0 saturated carbocycles. The number of benzene rings is 2. The summed E-state index contributed by atoms with van der Waals surface area (Å²) in [7, 11) is -7.36. The third-order valence-corrected chi connectivity index (χ3v) is 10.2. The van der Waals surface area contributed by atoms with Crippen molar-refractivity contribution in [3.63, 3.8) is 0 Å². The molecular formula is C21H22F3NO4S2. The van der Waals surface area contributed by atoms with Crippen molar-refractivity contribution in [2.45, 2.75) is 59.8 Å². The highest BCUT2D eigenvalue weighted by molar-refractivity contribution is 7.92. The maximum atomic E-state index is 13.1. The average molecular weight is 474 g/mol. The molecule has 2 aromatic carbocycles. The summed E-state index contributed by atoms with van der Waals surface area (Å²) in [6.45, 7) is 0. The first-order valence-corrected chi connectivity index (χ1v) is 13.1. The molecule has 2 bridgehead atoms. The van der Waals surface area contributed by atoms with Crippen LogP contribution in [0.15, 0.2) is 59.5 Å². The van der Waals surface area contributed by atoms with Gasteiger partial charge in [0.05, 0.1) is 21.5 Å². The Morgan fingerprint density at radius 2 is 1.39 bits per heavy atom. The standard InChI is InChI=1S/C21H22F3NO4S2/c22-21(23,24)16-8-6-15(7-9-16)14-30(26,27)25-17-10-11-18(25)13-20(12-17)31(28,29)19-4-2-1-3-5-19/h1-9,17-18,20H,10-14H2. The second kappa shape index (κ2) is 7.90. The average Bonchev–Trinajstić information content (AvgIpc) is 2.99. The van der Waals surface area contributed by atoms with Crippen molar-refractivity contribution < 1.29 is 30.0 Å². The van der Waals surface area contributed by atoms with Crippen molar-refractivity contribution in [1.29, 1.82) is 0 Å². The number of fused-ring (bicyclic) bond motifs is 2. The zero-order valence-electron chi connectivity index (χ0n) is 16.5. The summed E-state index contributed by atoms with van der Waals surface area (Å²) in [6, 6.07) is 11.4. The summed E-state index contributed by atoms with van der Waals surface area (Å²) in [6.07, 6.45) is -2.88. The number of rotatable bonds is 5. The molecular weight excluding hydrogens is 451 g/mol. The van der Waals surface area contributed by atoms with Crippen LogP contribution in [0.1, 0.15) is 36.8 Å². The van der Waals surface area contributed by atoms with Crippen molar-refractivity contribution in [2.24, 2.45) is 0 Å². The molecule has 2 aliphatic rings. The van der Waals surface area contributed by atoms with Crippen LogP contribution < -0.4 is 0 Å². The van der Waals surface area contributed by atoms with E-state index in [2.05, 4.69) is 0 Å². The van der Waals surface area contributed by atoms with Gasteiger partial charge in [-0.05, 0) is 55.5 Å². The first-order valence-electron chi connectivity index (χ1n) is 9.95. The van der Waals surface area contributed by atoms with E-state index in [9.17, 15) is 30.0 Å². The van der Waals surface area contributed by atoms with Crippen LogP contribution in [0.25, 0.3) is 0 Å². The fraction of sp³-hybridized carbons (Fsp3) is 0.429. The lowest BCUT2D eigenvalue weighted by Gasteiger charge is -2.37. The summed E-state index contributed by atoms with van der Waals surface area (Å²) < 4.78 is 91.8. The molecule has 0 radical (unpaired) electrons. The van der Waals surface area contributed by atoms with Gasteiger partial charge in [0.2, 0.25) is 10.0 Å². The predicted octanol–water partition coefficient (Wildman–Crippen LogP) is 4.00. The lowest BCUT2D eigenvalue weighted by Crippen LogP contribution is -2.49. The molecule has 2 unspecified atom stereocenters. The lowest BCUT2D eigenvalue weighted by molar-refractivity contribution is -0.137. The minimum absolute atomic E-state index is 0.222. The molecule has 0 aromatic heterocycles. The summed E-state index contributed by atoms with van der Waals surface area (Å²) in [5.41, 5.74) is -0.563. The molecule has 0 spiro atoms. The van der Waals surface area contributed by atoms with Gasteiger partial charge in [0.25, 0.3) is 0 Å². The first kappa shape index (κ1) is 22.3. The number of nitrogens with zero attached hydrogens (tertiary/aromatic N) is 1. The van der Waals surface area contributed by atoms with E-state index in [1.54, 1.807) is 30.3 Å². The summed E-state index contributed by atoms with van der Waals surface area (Å²) in [5.74, 6) is -0.408. The van der Waals surface area contributed by atoms with Crippen molar-refractivity contribution in [1.82, 2.24) is 4.31 Å². The second-order valence-electron chi connectivity index (χ2n) is 8.12. The summed E-state index contributed by atoms with van der Waals surface area (Å²) in [5, 5.41) is -0.648. The Hall–Kier alpha value is -1.91. The zero-order chi connectivity index (χ0) is 22.4. The minimum atomic E-state index is -4.48. The highest BCUT2D eigenvalue weighted by atomic mass is 32.2. The van der Waals surface area contributed by atoms with Gasteiger partial charge < -0.3 is 0 Å². The Kier molecular flexibility index (Phi) is 5.68. The van der Waals surface area contributed by atoms with E-state index in [-0.39, 0.29) is 23.3 Å². The number of hydrogen-bond donors (Lipinski definition) is 0. The molecule has 0 N–H and O–H groups in total. The number of piperidine rings is 1. The van der Waals surface area contributed by atoms with Crippen molar-refractivity contribution in [3.05, 3.63) is 65.7 Å². The predicted molar refractivity (Wildman–Crippen MR) is 109 cm³/mol. The third-order valence-electron chi connectivity index (χ3n) is 6.08. The highest BCUT2D eigenvalue weighted by Gasteiger charge is 2.49. The Morgan fingerprint density at radius 1 is 0.839 bits per heavy atom. The van der Waals surface area contributed by atoms with E-state index in [1.807, 2.05) is 0 Å². The number of halogens is 3. The van der Waals surface area contributed by atoms with Crippen LogP contribution in [0, 0.1) is 0 Å². The Morgan fingerprint density at radius 3 is 1.90 bits per heavy atom. The molecule has 2 fully saturated rings. The van der Waals surface area contributed by atoms with E-state index in [0.29, 0.717) is 12.8 Å². The van der Waals surface area contributed by atoms with Gasteiger partial charge in [0, 0.05) is 12.1 Å². The molecule has 2 heterocycles. The number of sulfone groups is 1. The Balaban J connectivity index is 1.51. The molecule has 2 aromatic rings. The molecule has 4 rings (SSSR count). The SMILES string of the molecule is O=S(=O)(c1ccccc1)C1CC2CCC(C1)N2S(=O)(=O)Cc1ccc(C(F)(F)F)cc1. The molecule has 0 aliphatic carbocycles. The van der Waals surface area contributed by atoms with Gasteiger partial charge >= 0.3 is 6.18 Å². The van der Waals surface area contributed by atoms with E-state index in [1.165, 1.54) is 16.4 Å². The summed E-state index contributed by atoms with van der Waals surface area (Å²) in [4.78, 5) is 0.237. The van der Waals surface area contributed by atoms with E-state index < -0.39 is 54.7 Å². The van der Waals surface area contributed by atoms with Gasteiger partial charge in [0.15, 0.2) is 9.84 Å². The molecule has 0 amide bonds. The fourth-order valence-corrected chi connectivity index (χ4v) is 8.60. The van der Waals surface area contributed by atoms with Crippen molar-refractivity contribution in [3.8, 4) is 0 Å². The quantitative estimate of drug-likeness (QED) is 0.658. The lowest BCUT2D eigenvalue weighted by atomic mass is 10.1. The van der Waals surface area contributed by atoms with E-state index in [4.69, 9.17) is 0 Å². The zero-order valence-corrected chi connectivity index (χ0v) is 18.1. The van der Waals surface area contributed by atoms with Crippen LogP contribution in [-0.4, -0.2) is 38.5 Å². The first-order chi connectivity index (χ1) is 14.5. The molecule has 31 heavy (non-hydrogen) atoms. The van der Waals surface area contributed by atoms with Crippen LogP contribution >= 0.6 is 0 Å². The fourth-order valence-electron chi connectivity index (χ4n) is 4.67.